The summed E-state index contributed by atoms with van der Waals surface area (Å²) in [4.78, 5) is 17.0. The first-order valence-electron chi connectivity index (χ1n) is 6.98. The van der Waals surface area contributed by atoms with E-state index in [9.17, 15) is 4.79 Å². The first-order chi connectivity index (χ1) is 10.5. The topological polar surface area (TPSA) is 42.0 Å². The Balaban J connectivity index is 1.98. The van der Waals surface area contributed by atoms with Crippen molar-refractivity contribution in [1.29, 1.82) is 0 Å². The number of hydrogen-bond acceptors (Lipinski definition) is 2. The molecule has 4 heteroatoms. The molecule has 0 radical (unpaired) electrons. The average molecular weight is 311 g/mol. The van der Waals surface area contributed by atoms with Crippen LogP contribution in [-0.4, -0.2) is 10.9 Å². The van der Waals surface area contributed by atoms with Crippen molar-refractivity contribution >= 4 is 34.1 Å². The maximum absolute atomic E-state index is 12.5. The lowest BCUT2D eigenvalue weighted by atomic mass is 10.1. The molecule has 22 heavy (non-hydrogen) atoms. The van der Waals surface area contributed by atoms with Crippen molar-refractivity contribution in [3.8, 4) is 0 Å². The van der Waals surface area contributed by atoms with Crippen LogP contribution in [0.2, 0.25) is 5.02 Å². The maximum Gasteiger partial charge on any atom is 0.257 e. The number of hydrogen-bond donors (Lipinski definition) is 1. The molecule has 0 aliphatic heterocycles. The highest BCUT2D eigenvalue weighted by Crippen LogP contribution is 2.20. The van der Waals surface area contributed by atoms with Crippen molar-refractivity contribution in [3.63, 3.8) is 0 Å². The van der Waals surface area contributed by atoms with E-state index in [2.05, 4.69) is 10.3 Å². The van der Waals surface area contributed by atoms with Gasteiger partial charge in [0, 0.05) is 16.1 Å². The predicted octanol–water partition coefficient (Wildman–Crippen LogP) is 4.76. The number of carbonyl (C=O) groups is 1. The van der Waals surface area contributed by atoms with Crippen LogP contribution in [0.25, 0.3) is 10.9 Å². The Morgan fingerprint density at radius 2 is 1.91 bits per heavy atom. The Hall–Kier alpha value is -2.39. The minimum absolute atomic E-state index is 0.185. The van der Waals surface area contributed by atoms with Crippen LogP contribution < -0.4 is 5.32 Å². The first-order valence-corrected chi connectivity index (χ1v) is 7.36. The third kappa shape index (κ3) is 2.95. The number of fused-ring (bicyclic) bond motifs is 1. The number of anilines is 1. The van der Waals surface area contributed by atoms with E-state index < -0.39 is 0 Å². The normalized spacial score (nSPS) is 10.7. The second-order valence-corrected chi connectivity index (χ2v) is 5.72. The fourth-order valence-electron chi connectivity index (χ4n) is 2.39. The summed E-state index contributed by atoms with van der Waals surface area (Å²) in [6.45, 7) is 3.86. The molecule has 3 nitrogen and oxygen atoms in total. The van der Waals surface area contributed by atoms with E-state index in [1.54, 1.807) is 24.3 Å². The summed E-state index contributed by atoms with van der Waals surface area (Å²) < 4.78 is 0. The van der Waals surface area contributed by atoms with Crippen molar-refractivity contribution in [3.05, 3.63) is 70.4 Å². The Labute approximate surface area is 133 Å². The third-order valence-corrected chi connectivity index (χ3v) is 3.72. The van der Waals surface area contributed by atoms with Gasteiger partial charge < -0.3 is 5.32 Å². The van der Waals surface area contributed by atoms with Gasteiger partial charge in [0.25, 0.3) is 5.91 Å². The van der Waals surface area contributed by atoms with Gasteiger partial charge in [-0.1, -0.05) is 29.3 Å². The number of rotatable bonds is 2. The monoisotopic (exact) mass is 310 g/mol. The van der Waals surface area contributed by atoms with Crippen LogP contribution in [0.3, 0.4) is 0 Å². The lowest BCUT2D eigenvalue weighted by Gasteiger charge is -2.09. The van der Waals surface area contributed by atoms with Crippen molar-refractivity contribution in [1.82, 2.24) is 4.98 Å². The molecule has 0 saturated carbocycles. The minimum atomic E-state index is -0.185. The summed E-state index contributed by atoms with van der Waals surface area (Å²) in [6.07, 6.45) is 0. The van der Waals surface area contributed by atoms with Crippen LogP contribution in [0.5, 0.6) is 0 Å². The van der Waals surface area contributed by atoms with Crippen LogP contribution >= 0.6 is 11.6 Å². The van der Waals surface area contributed by atoms with Gasteiger partial charge in [0.15, 0.2) is 0 Å². The Morgan fingerprint density at radius 3 is 2.68 bits per heavy atom. The van der Waals surface area contributed by atoms with Gasteiger partial charge in [-0.2, -0.15) is 0 Å². The number of aryl methyl sites for hydroxylation is 2. The van der Waals surface area contributed by atoms with Crippen LogP contribution in [0, 0.1) is 13.8 Å². The predicted molar refractivity (Wildman–Crippen MR) is 90.6 cm³/mol. The van der Waals surface area contributed by atoms with E-state index in [0.717, 1.165) is 16.5 Å². The molecule has 0 atom stereocenters. The van der Waals surface area contributed by atoms with Gasteiger partial charge in [-0.25, -0.2) is 0 Å². The van der Waals surface area contributed by atoms with Gasteiger partial charge in [-0.3, -0.25) is 9.78 Å². The lowest BCUT2D eigenvalue weighted by molar-refractivity contribution is 0.102. The molecule has 3 aromatic rings. The van der Waals surface area contributed by atoms with Crippen molar-refractivity contribution in [2.45, 2.75) is 13.8 Å². The fraction of sp³-hybridized carbons (Fsp3) is 0.111. The molecule has 2 aromatic carbocycles. The van der Waals surface area contributed by atoms with Gasteiger partial charge in [0.1, 0.15) is 0 Å². The summed E-state index contributed by atoms with van der Waals surface area (Å²) >= 11 is 5.94. The molecular formula is C18H15ClN2O. The molecule has 1 amide bonds. The standard InChI is InChI=1S/C18H15ClN2O/c1-11-6-7-17-13(8-11)9-16(12(2)20-17)18(22)21-15-5-3-4-14(19)10-15/h3-10H,1-2H3,(H,21,22). The Morgan fingerprint density at radius 1 is 1.09 bits per heavy atom. The molecule has 0 bridgehead atoms. The van der Waals surface area contributed by atoms with Crippen LogP contribution in [0.1, 0.15) is 21.6 Å². The number of aromatic nitrogens is 1. The Bertz CT molecular complexity index is 874. The molecule has 0 aliphatic carbocycles. The van der Waals surface area contributed by atoms with E-state index in [4.69, 9.17) is 11.6 Å². The zero-order valence-corrected chi connectivity index (χ0v) is 13.1. The molecule has 0 unspecified atom stereocenters. The summed E-state index contributed by atoms with van der Waals surface area (Å²) in [5, 5.41) is 4.40. The van der Waals surface area contributed by atoms with E-state index in [1.165, 1.54) is 0 Å². The second-order valence-electron chi connectivity index (χ2n) is 5.28. The average Bonchev–Trinajstić information content (AvgIpc) is 2.47. The minimum Gasteiger partial charge on any atom is -0.322 e. The molecule has 0 fully saturated rings. The van der Waals surface area contributed by atoms with Gasteiger partial charge in [0.2, 0.25) is 0 Å². The largest absolute Gasteiger partial charge is 0.322 e. The number of carbonyl (C=O) groups excluding carboxylic acids is 1. The molecule has 1 heterocycles. The lowest BCUT2D eigenvalue weighted by Crippen LogP contribution is -2.14. The van der Waals surface area contributed by atoms with Gasteiger partial charge in [0.05, 0.1) is 16.8 Å². The highest BCUT2D eigenvalue weighted by molar-refractivity contribution is 6.31. The zero-order chi connectivity index (χ0) is 15.7. The van der Waals surface area contributed by atoms with Crippen molar-refractivity contribution in [2.24, 2.45) is 0 Å². The number of amides is 1. The highest BCUT2D eigenvalue weighted by Gasteiger charge is 2.12. The number of benzene rings is 2. The van der Waals surface area contributed by atoms with Gasteiger partial charge >= 0.3 is 0 Å². The number of nitrogens with one attached hydrogen (secondary N) is 1. The van der Waals surface area contributed by atoms with Gasteiger partial charge in [-0.05, 0) is 50.2 Å². The Kier molecular flexibility index (Phi) is 3.82. The molecule has 3 rings (SSSR count). The van der Waals surface area contributed by atoms with Crippen molar-refractivity contribution < 1.29 is 4.79 Å². The number of halogens is 1. The SMILES string of the molecule is Cc1ccc2nc(C)c(C(=O)Nc3cccc(Cl)c3)cc2c1. The van der Waals surface area contributed by atoms with E-state index >= 15 is 0 Å². The van der Waals surface area contributed by atoms with Crippen LogP contribution in [-0.2, 0) is 0 Å². The summed E-state index contributed by atoms with van der Waals surface area (Å²) in [5.41, 5.74) is 3.97. The first kappa shape index (κ1) is 14.5. The fourth-order valence-corrected chi connectivity index (χ4v) is 2.58. The zero-order valence-electron chi connectivity index (χ0n) is 12.4. The van der Waals surface area contributed by atoms with Crippen LogP contribution in [0.15, 0.2) is 48.5 Å². The molecule has 0 aliphatic rings. The maximum atomic E-state index is 12.5. The summed E-state index contributed by atoms with van der Waals surface area (Å²) in [6, 6.07) is 15.0. The molecule has 0 spiro atoms. The van der Waals surface area contributed by atoms with Gasteiger partial charge in [-0.15, -0.1) is 0 Å². The molecule has 110 valence electrons. The van der Waals surface area contributed by atoms with Crippen molar-refractivity contribution in [2.75, 3.05) is 5.32 Å². The number of pyridine rings is 1. The molecule has 0 saturated heterocycles. The molecular weight excluding hydrogens is 296 g/mol. The second kappa shape index (κ2) is 5.78. The smallest absolute Gasteiger partial charge is 0.257 e. The third-order valence-electron chi connectivity index (χ3n) is 3.49. The quantitative estimate of drug-likeness (QED) is 0.741. The van der Waals surface area contributed by atoms with E-state index in [-0.39, 0.29) is 5.91 Å². The molecule has 1 N–H and O–H groups in total. The molecule has 1 aromatic heterocycles. The summed E-state index contributed by atoms with van der Waals surface area (Å²) in [7, 11) is 0. The van der Waals surface area contributed by atoms with E-state index in [1.807, 2.05) is 38.1 Å². The highest BCUT2D eigenvalue weighted by atomic mass is 35.5. The van der Waals surface area contributed by atoms with Crippen LogP contribution in [0.4, 0.5) is 5.69 Å². The number of nitrogens with zero attached hydrogens (tertiary/aromatic N) is 1. The van der Waals surface area contributed by atoms with E-state index in [0.29, 0.717) is 22.0 Å². The summed E-state index contributed by atoms with van der Waals surface area (Å²) in [5.74, 6) is -0.185.